The first-order valence-electron chi connectivity index (χ1n) is 13.9. The van der Waals surface area contributed by atoms with Crippen LogP contribution in [0, 0.1) is 12.3 Å². The van der Waals surface area contributed by atoms with Gasteiger partial charge in [0.2, 0.25) is 0 Å². The number of aryl methyl sites for hydroxylation is 1. The zero-order valence-corrected chi connectivity index (χ0v) is 24.3. The Bertz CT molecular complexity index is 1270. The van der Waals surface area contributed by atoms with E-state index in [0.29, 0.717) is 37.7 Å². The van der Waals surface area contributed by atoms with Crippen molar-refractivity contribution in [2.24, 2.45) is 5.41 Å². The van der Waals surface area contributed by atoms with Crippen LogP contribution in [-0.2, 0) is 14.3 Å². The van der Waals surface area contributed by atoms with E-state index >= 15 is 0 Å². The van der Waals surface area contributed by atoms with Crippen LogP contribution in [0.4, 0.5) is 5.82 Å². The van der Waals surface area contributed by atoms with E-state index in [1.54, 1.807) is 18.9 Å². The number of hydrogen-bond acceptors (Lipinski definition) is 8. The van der Waals surface area contributed by atoms with E-state index in [1.165, 1.54) is 0 Å². The molecule has 3 saturated heterocycles. The van der Waals surface area contributed by atoms with Gasteiger partial charge in [0.15, 0.2) is 23.4 Å². The summed E-state index contributed by atoms with van der Waals surface area (Å²) >= 11 is 0. The Morgan fingerprint density at radius 2 is 1.95 bits per heavy atom. The second kappa shape index (κ2) is 10.7. The smallest absolute Gasteiger partial charge is 0.254 e. The molecule has 3 aliphatic rings. The lowest BCUT2D eigenvalue weighted by Crippen LogP contribution is -2.54. The quantitative estimate of drug-likeness (QED) is 0.530. The molecule has 5 rings (SSSR count). The van der Waals surface area contributed by atoms with E-state index in [4.69, 9.17) is 23.9 Å². The maximum atomic E-state index is 13.4. The normalized spacial score (nSPS) is 26.9. The first-order chi connectivity index (χ1) is 18.9. The number of anilines is 1. The van der Waals surface area contributed by atoms with Crippen molar-refractivity contribution < 1.29 is 28.8 Å². The summed E-state index contributed by atoms with van der Waals surface area (Å²) < 4.78 is 23.5. The maximum Gasteiger partial charge on any atom is 0.254 e. The highest BCUT2D eigenvalue weighted by Crippen LogP contribution is 2.47. The van der Waals surface area contributed by atoms with Gasteiger partial charge >= 0.3 is 0 Å². The Morgan fingerprint density at radius 1 is 1.20 bits per heavy atom. The van der Waals surface area contributed by atoms with Gasteiger partial charge in [0.25, 0.3) is 5.91 Å². The lowest BCUT2D eigenvalue weighted by molar-refractivity contribution is -0.159. The van der Waals surface area contributed by atoms with E-state index in [9.17, 15) is 9.90 Å². The summed E-state index contributed by atoms with van der Waals surface area (Å²) in [5, 5.41) is 10.9. The van der Waals surface area contributed by atoms with Gasteiger partial charge in [-0.2, -0.15) is 0 Å². The van der Waals surface area contributed by atoms with Gasteiger partial charge in [-0.15, -0.1) is 0 Å². The molecule has 3 fully saturated rings. The Kier molecular flexibility index (Phi) is 7.58. The van der Waals surface area contributed by atoms with Crippen LogP contribution in [0.15, 0.2) is 36.9 Å². The maximum absolute atomic E-state index is 13.4. The number of likely N-dealkylation sites (tertiary alicyclic amines) is 1. The van der Waals surface area contributed by atoms with Crippen LogP contribution >= 0.6 is 0 Å². The molecule has 0 aliphatic carbocycles. The van der Waals surface area contributed by atoms with E-state index < -0.39 is 23.4 Å². The number of carbonyl (C=O) groups is 1. The second-order valence-electron chi connectivity index (χ2n) is 11.9. The van der Waals surface area contributed by atoms with Gasteiger partial charge in [0.1, 0.15) is 11.9 Å². The van der Waals surface area contributed by atoms with Gasteiger partial charge in [0.05, 0.1) is 32.9 Å². The first kappa shape index (κ1) is 28.4. The molecular formula is C31H41N3O6. The van der Waals surface area contributed by atoms with Crippen molar-refractivity contribution in [2.75, 3.05) is 44.8 Å². The molecular weight excluding hydrogens is 510 g/mol. The fourth-order valence-electron chi connectivity index (χ4n) is 5.94. The van der Waals surface area contributed by atoms with E-state index in [2.05, 4.69) is 11.5 Å². The highest BCUT2D eigenvalue weighted by Gasteiger charge is 2.50. The summed E-state index contributed by atoms with van der Waals surface area (Å²) in [5.74, 6) is 1.23. The molecule has 0 spiro atoms. The number of carbonyl (C=O) groups excluding carboxylic acids is 1. The monoisotopic (exact) mass is 551 g/mol. The lowest BCUT2D eigenvalue weighted by Gasteiger charge is -2.40. The molecule has 4 heterocycles. The van der Waals surface area contributed by atoms with Gasteiger partial charge in [-0.1, -0.05) is 25.6 Å². The minimum absolute atomic E-state index is 0.0157. The molecule has 0 radical (unpaired) electrons. The van der Waals surface area contributed by atoms with Gasteiger partial charge in [-0.3, -0.25) is 4.79 Å². The van der Waals surface area contributed by atoms with E-state index in [1.807, 2.05) is 64.1 Å². The van der Waals surface area contributed by atoms with Gasteiger partial charge < -0.3 is 33.9 Å². The van der Waals surface area contributed by atoms with Gasteiger partial charge in [0, 0.05) is 30.1 Å². The average molecular weight is 552 g/mol. The predicted molar refractivity (Wildman–Crippen MR) is 153 cm³/mol. The molecule has 9 heteroatoms. The van der Waals surface area contributed by atoms with Gasteiger partial charge in [-0.25, -0.2) is 4.98 Å². The number of aliphatic hydroxyl groups excluding tert-OH is 1. The fraction of sp³-hybridized carbons (Fsp3) is 0.548. The predicted octanol–water partition coefficient (Wildman–Crippen LogP) is 3.77. The number of aromatic nitrogens is 1. The Morgan fingerprint density at radius 3 is 2.55 bits per heavy atom. The summed E-state index contributed by atoms with van der Waals surface area (Å²) in [7, 11) is 1.63. The number of ether oxygens (including phenoxy) is 4. The van der Waals surface area contributed by atoms with Crippen molar-refractivity contribution in [3.63, 3.8) is 0 Å². The van der Waals surface area contributed by atoms with Crippen LogP contribution in [0.2, 0.25) is 0 Å². The molecule has 3 aliphatic heterocycles. The minimum atomic E-state index is -0.781. The number of aliphatic hydroxyl groups is 1. The summed E-state index contributed by atoms with van der Waals surface area (Å²) in [6, 6.07) is 9.95. The molecule has 1 aromatic heterocycles. The molecule has 40 heavy (non-hydrogen) atoms. The third kappa shape index (κ3) is 5.30. The van der Waals surface area contributed by atoms with Crippen molar-refractivity contribution in [2.45, 2.75) is 64.6 Å². The summed E-state index contributed by atoms with van der Waals surface area (Å²) in [6.07, 6.45) is 0.516. The molecule has 1 unspecified atom stereocenters. The van der Waals surface area contributed by atoms with Crippen molar-refractivity contribution in [3.8, 4) is 11.5 Å². The molecule has 1 amide bonds. The first-order valence-corrected chi connectivity index (χ1v) is 13.9. The largest absolute Gasteiger partial charge is 0.493 e. The molecule has 0 bridgehead atoms. The number of benzene rings is 1. The summed E-state index contributed by atoms with van der Waals surface area (Å²) in [6.45, 7) is 15.8. The number of amides is 1. The molecule has 0 saturated carbocycles. The number of rotatable bonds is 8. The zero-order chi connectivity index (χ0) is 28.8. The molecule has 4 atom stereocenters. The fourth-order valence-corrected chi connectivity index (χ4v) is 5.94. The number of hydrogen-bond donors (Lipinski definition) is 1. The Labute approximate surface area is 236 Å². The number of pyridine rings is 1. The Hall–Kier alpha value is -3.14. The second-order valence-corrected chi connectivity index (χ2v) is 11.9. The van der Waals surface area contributed by atoms with Crippen molar-refractivity contribution in [1.29, 1.82) is 0 Å². The molecule has 1 aromatic carbocycles. The van der Waals surface area contributed by atoms with Crippen LogP contribution in [-0.4, -0.2) is 84.9 Å². The SMILES string of the molecule is C=Cc1ccc(N2CC(Oc3cc([C@@H]4CN(C(=O)[C@@H]5COC(C)(C)O5)CC4(C)[C@@H](C)O)ccc3OC)C2)nc1C. The third-order valence-corrected chi connectivity index (χ3v) is 8.67. The number of nitrogens with zero attached hydrogens (tertiary/aromatic N) is 3. The van der Waals surface area contributed by atoms with Crippen LogP contribution in [0.25, 0.3) is 6.08 Å². The standard InChI is InChI=1S/C31H41N3O6/c1-8-21-10-12-28(32-19(21)2)33-14-23(15-33)39-26-13-22(9-11-25(26)37-7)24-16-34(18-31(24,6)20(3)35)29(36)27-17-38-30(4,5)40-27/h8-13,20,23-24,27,35H,1,14-18H2,2-7H3/t20-,24+,27+,31?/m1/s1. The van der Waals surface area contributed by atoms with Crippen molar-refractivity contribution in [1.82, 2.24) is 9.88 Å². The van der Waals surface area contributed by atoms with Crippen LogP contribution < -0.4 is 14.4 Å². The minimum Gasteiger partial charge on any atom is -0.493 e. The van der Waals surface area contributed by atoms with E-state index in [0.717, 1.165) is 22.6 Å². The average Bonchev–Trinajstić information content (AvgIpc) is 3.45. The topological polar surface area (TPSA) is 93.6 Å². The Balaban J connectivity index is 1.31. The van der Waals surface area contributed by atoms with Gasteiger partial charge in [-0.05, 0) is 63.1 Å². The highest BCUT2D eigenvalue weighted by molar-refractivity contribution is 5.82. The lowest BCUT2D eigenvalue weighted by atomic mass is 9.72. The molecule has 216 valence electrons. The summed E-state index contributed by atoms with van der Waals surface area (Å²) in [4.78, 5) is 22.0. The number of methoxy groups -OCH3 is 1. The zero-order valence-electron chi connectivity index (χ0n) is 24.3. The van der Waals surface area contributed by atoms with Crippen LogP contribution in [0.3, 0.4) is 0 Å². The summed E-state index contributed by atoms with van der Waals surface area (Å²) in [5.41, 5.74) is 2.42. The van der Waals surface area contributed by atoms with Crippen LogP contribution in [0.5, 0.6) is 11.5 Å². The molecule has 2 aromatic rings. The van der Waals surface area contributed by atoms with Crippen molar-refractivity contribution >= 4 is 17.8 Å². The van der Waals surface area contributed by atoms with Crippen molar-refractivity contribution in [3.05, 3.63) is 53.7 Å². The molecule has 1 N–H and O–H groups in total. The highest BCUT2D eigenvalue weighted by atomic mass is 16.7. The third-order valence-electron chi connectivity index (χ3n) is 8.67. The van der Waals surface area contributed by atoms with E-state index in [-0.39, 0.29) is 24.5 Å². The molecule has 9 nitrogen and oxygen atoms in total. The van der Waals surface area contributed by atoms with Crippen LogP contribution in [0.1, 0.15) is 50.4 Å².